The fraction of sp³-hybridized carbons (Fsp3) is 0.500. The second-order valence-electron chi connectivity index (χ2n) is 4.74. The van der Waals surface area contributed by atoms with Gasteiger partial charge in [-0.05, 0) is 30.9 Å². The molecule has 0 spiro atoms. The highest BCUT2D eigenvalue weighted by Crippen LogP contribution is 2.54. The van der Waals surface area contributed by atoms with Crippen molar-refractivity contribution in [3.05, 3.63) is 29.3 Å². The second kappa shape index (κ2) is 4.40. The summed E-state index contributed by atoms with van der Waals surface area (Å²) in [5.41, 5.74) is 2.13. The lowest BCUT2D eigenvalue weighted by Gasteiger charge is -2.18. The summed E-state index contributed by atoms with van der Waals surface area (Å²) < 4.78 is 5.36. The number of rotatable bonds is 5. The molecule has 1 aromatic rings. The Morgan fingerprint density at radius 1 is 1.47 bits per heavy atom. The van der Waals surface area contributed by atoms with Gasteiger partial charge in [0.25, 0.3) is 0 Å². The van der Waals surface area contributed by atoms with Crippen molar-refractivity contribution in [1.29, 1.82) is 0 Å². The van der Waals surface area contributed by atoms with Crippen molar-refractivity contribution in [2.45, 2.75) is 38.0 Å². The van der Waals surface area contributed by atoms with Crippen LogP contribution in [-0.2, 0) is 16.6 Å². The number of hydrogen-bond acceptors (Lipinski definition) is 2. The van der Waals surface area contributed by atoms with Crippen LogP contribution >= 0.6 is 0 Å². The third kappa shape index (κ3) is 2.28. The van der Waals surface area contributed by atoms with Crippen LogP contribution in [0.5, 0.6) is 5.75 Å². The highest BCUT2D eigenvalue weighted by Gasteiger charge is 2.47. The number of ether oxygens (including phenoxy) is 1. The quantitative estimate of drug-likeness (QED) is 0.852. The number of methoxy groups -OCH3 is 1. The molecule has 1 N–H and O–H groups in total. The summed E-state index contributed by atoms with van der Waals surface area (Å²) in [5.74, 6) is 0.0902. The third-order valence-electron chi connectivity index (χ3n) is 3.59. The molecule has 3 heteroatoms. The molecule has 1 fully saturated rings. The molecule has 0 aromatic heterocycles. The molecule has 3 nitrogen and oxygen atoms in total. The molecule has 1 saturated carbocycles. The van der Waals surface area contributed by atoms with E-state index in [1.165, 1.54) is 5.56 Å². The average molecular weight is 234 g/mol. The summed E-state index contributed by atoms with van der Waals surface area (Å²) in [7, 11) is 1.64. The molecule has 1 aliphatic rings. The van der Waals surface area contributed by atoms with Crippen molar-refractivity contribution in [3.8, 4) is 5.75 Å². The van der Waals surface area contributed by atoms with Crippen LogP contribution in [0.25, 0.3) is 0 Å². The Morgan fingerprint density at radius 2 is 2.18 bits per heavy atom. The van der Waals surface area contributed by atoms with Crippen LogP contribution in [0.3, 0.4) is 0 Å². The van der Waals surface area contributed by atoms with E-state index in [0.29, 0.717) is 0 Å². The Balaban J connectivity index is 2.39. The average Bonchev–Trinajstić information content (AvgIpc) is 3.08. The summed E-state index contributed by atoms with van der Waals surface area (Å²) in [6.45, 7) is 2.10. The summed E-state index contributed by atoms with van der Waals surface area (Å²) in [6.07, 6.45) is 3.06. The van der Waals surface area contributed by atoms with Gasteiger partial charge in [-0.2, -0.15) is 0 Å². The minimum absolute atomic E-state index is 0.178. The highest BCUT2D eigenvalue weighted by atomic mass is 16.5. The van der Waals surface area contributed by atoms with Crippen LogP contribution in [0, 0.1) is 0 Å². The molecule has 0 bridgehead atoms. The number of carbonyl (C=O) groups is 1. The van der Waals surface area contributed by atoms with Crippen LogP contribution in [0.15, 0.2) is 18.2 Å². The van der Waals surface area contributed by atoms with Crippen LogP contribution in [0.4, 0.5) is 0 Å². The molecule has 0 radical (unpaired) electrons. The molecule has 1 aromatic carbocycles. The number of aliphatic carboxylic acids is 1. The lowest BCUT2D eigenvalue weighted by molar-refractivity contribution is -0.137. The van der Waals surface area contributed by atoms with Crippen LogP contribution < -0.4 is 4.74 Å². The zero-order valence-electron chi connectivity index (χ0n) is 10.3. The Hall–Kier alpha value is -1.51. The Bertz CT molecular complexity index is 433. The number of benzene rings is 1. The molecule has 1 aliphatic carbocycles. The summed E-state index contributed by atoms with van der Waals surface area (Å²) in [6, 6.07) is 6.10. The number of aryl methyl sites for hydroxylation is 1. The molecule has 0 amide bonds. The first-order valence-corrected chi connectivity index (χ1v) is 6.00. The minimum atomic E-state index is -0.730. The lowest BCUT2D eigenvalue weighted by Crippen LogP contribution is -2.14. The molecular weight excluding hydrogens is 216 g/mol. The smallest absolute Gasteiger partial charge is 0.304 e. The van der Waals surface area contributed by atoms with Crippen molar-refractivity contribution < 1.29 is 14.6 Å². The van der Waals surface area contributed by atoms with E-state index in [2.05, 4.69) is 13.0 Å². The summed E-state index contributed by atoms with van der Waals surface area (Å²) in [5, 5.41) is 9.00. The van der Waals surface area contributed by atoms with E-state index in [9.17, 15) is 4.79 Å². The first-order chi connectivity index (χ1) is 8.11. The van der Waals surface area contributed by atoms with E-state index >= 15 is 0 Å². The molecule has 0 atom stereocenters. The monoisotopic (exact) mass is 234 g/mol. The number of carboxylic acids is 1. The zero-order valence-corrected chi connectivity index (χ0v) is 10.3. The maximum atomic E-state index is 10.9. The maximum absolute atomic E-state index is 10.9. The molecular formula is C14H18O3. The molecule has 0 heterocycles. The van der Waals surface area contributed by atoms with Gasteiger partial charge in [-0.1, -0.05) is 19.1 Å². The van der Waals surface area contributed by atoms with E-state index < -0.39 is 5.97 Å². The van der Waals surface area contributed by atoms with Gasteiger partial charge in [-0.3, -0.25) is 4.79 Å². The fourth-order valence-corrected chi connectivity index (χ4v) is 2.37. The van der Waals surface area contributed by atoms with E-state index in [4.69, 9.17) is 9.84 Å². The van der Waals surface area contributed by atoms with Gasteiger partial charge >= 0.3 is 5.97 Å². The van der Waals surface area contributed by atoms with E-state index in [1.54, 1.807) is 7.11 Å². The van der Waals surface area contributed by atoms with Crippen LogP contribution in [-0.4, -0.2) is 18.2 Å². The van der Waals surface area contributed by atoms with Gasteiger partial charge in [-0.15, -0.1) is 0 Å². The van der Waals surface area contributed by atoms with Gasteiger partial charge in [0.2, 0.25) is 0 Å². The molecule has 92 valence electrons. The molecule has 2 rings (SSSR count). The minimum Gasteiger partial charge on any atom is -0.496 e. The molecule has 0 aliphatic heterocycles. The van der Waals surface area contributed by atoms with Crippen molar-refractivity contribution in [2.24, 2.45) is 0 Å². The molecule has 17 heavy (non-hydrogen) atoms. The second-order valence-corrected chi connectivity index (χ2v) is 4.74. The van der Waals surface area contributed by atoms with Gasteiger partial charge < -0.3 is 9.84 Å². The normalized spacial score (nSPS) is 16.6. The van der Waals surface area contributed by atoms with Gasteiger partial charge in [-0.25, -0.2) is 0 Å². The van der Waals surface area contributed by atoms with Gasteiger partial charge in [0, 0.05) is 11.0 Å². The third-order valence-corrected chi connectivity index (χ3v) is 3.59. The first kappa shape index (κ1) is 12.0. The maximum Gasteiger partial charge on any atom is 0.304 e. The van der Waals surface area contributed by atoms with E-state index in [-0.39, 0.29) is 11.8 Å². The highest BCUT2D eigenvalue weighted by molar-refractivity contribution is 5.70. The predicted molar refractivity (Wildman–Crippen MR) is 65.5 cm³/mol. The Morgan fingerprint density at radius 3 is 2.65 bits per heavy atom. The van der Waals surface area contributed by atoms with Gasteiger partial charge in [0.05, 0.1) is 13.5 Å². The van der Waals surface area contributed by atoms with Gasteiger partial charge in [0.1, 0.15) is 5.75 Å². The number of carboxylic acid groups (broad SMARTS) is 1. The summed E-state index contributed by atoms with van der Waals surface area (Å²) in [4.78, 5) is 10.9. The Labute approximate surface area is 101 Å². The van der Waals surface area contributed by atoms with E-state index in [0.717, 1.165) is 30.6 Å². The largest absolute Gasteiger partial charge is 0.496 e. The predicted octanol–water partition coefficient (Wildman–Crippen LogP) is 2.76. The van der Waals surface area contributed by atoms with Crippen LogP contribution in [0.1, 0.15) is 37.3 Å². The molecule has 0 saturated heterocycles. The lowest BCUT2D eigenvalue weighted by atomic mass is 9.90. The fourth-order valence-electron chi connectivity index (χ4n) is 2.37. The van der Waals surface area contributed by atoms with E-state index in [1.807, 2.05) is 12.1 Å². The van der Waals surface area contributed by atoms with Gasteiger partial charge in [0.15, 0.2) is 0 Å². The van der Waals surface area contributed by atoms with Crippen molar-refractivity contribution in [3.63, 3.8) is 0 Å². The van der Waals surface area contributed by atoms with Crippen LogP contribution in [0.2, 0.25) is 0 Å². The first-order valence-electron chi connectivity index (χ1n) is 6.00. The summed E-state index contributed by atoms with van der Waals surface area (Å²) >= 11 is 0. The molecule has 0 unspecified atom stereocenters. The number of hydrogen-bond donors (Lipinski definition) is 1. The Kier molecular flexibility index (Phi) is 3.09. The van der Waals surface area contributed by atoms with Crippen molar-refractivity contribution >= 4 is 5.97 Å². The van der Waals surface area contributed by atoms with Crippen molar-refractivity contribution in [2.75, 3.05) is 7.11 Å². The SMILES string of the molecule is CCc1ccc(OC)c(C2(CC(=O)O)CC2)c1. The topological polar surface area (TPSA) is 46.5 Å². The zero-order chi connectivity index (χ0) is 12.5. The standard InChI is InChI=1S/C14H18O3/c1-3-10-4-5-12(17-2)11(8-10)14(6-7-14)9-13(15)16/h4-5,8H,3,6-7,9H2,1-2H3,(H,15,16). The van der Waals surface area contributed by atoms with Crippen molar-refractivity contribution in [1.82, 2.24) is 0 Å².